The van der Waals surface area contributed by atoms with Crippen LogP contribution < -0.4 is 5.32 Å². The van der Waals surface area contributed by atoms with Gasteiger partial charge in [-0.1, -0.05) is 10.4 Å². The first-order valence-electron chi connectivity index (χ1n) is 5.24. The van der Waals surface area contributed by atoms with Gasteiger partial charge >= 0.3 is 0 Å². The average molecular weight is 221 g/mol. The van der Waals surface area contributed by atoms with Crippen molar-refractivity contribution in [2.24, 2.45) is 0 Å². The van der Waals surface area contributed by atoms with Crippen LogP contribution in [0.5, 0.6) is 0 Å². The van der Waals surface area contributed by atoms with Gasteiger partial charge in [-0.25, -0.2) is 0 Å². The average Bonchev–Trinajstić information content (AvgIpc) is 2.87. The molecule has 0 unspecified atom stereocenters. The summed E-state index contributed by atoms with van der Waals surface area (Å²) in [4.78, 5) is 0. The Labute approximate surface area is 93.6 Å². The lowest BCUT2D eigenvalue weighted by atomic mass is 10.2. The molecule has 1 N–H and O–H groups in total. The van der Waals surface area contributed by atoms with Crippen molar-refractivity contribution in [1.82, 2.24) is 25.5 Å². The quantitative estimate of drug-likeness (QED) is 0.752. The van der Waals surface area contributed by atoms with Crippen molar-refractivity contribution in [3.8, 4) is 0 Å². The molecule has 0 aromatic carbocycles. The Morgan fingerprint density at radius 1 is 1.44 bits per heavy atom. The summed E-state index contributed by atoms with van der Waals surface area (Å²) < 4.78 is 6.87. The van der Waals surface area contributed by atoms with Crippen LogP contribution >= 0.6 is 0 Å². The summed E-state index contributed by atoms with van der Waals surface area (Å²) in [6.07, 6.45) is 3.52. The van der Waals surface area contributed by atoms with E-state index in [9.17, 15) is 0 Å². The molecule has 6 heteroatoms. The second-order valence-electron chi connectivity index (χ2n) is 3.65. The zero-order valence-electron chi connectivity index (χ0n) is 9.47. The molecule has 6 nitrogen and oxygen atoms in total. The van der Waals surface area contributed by atoms with E-state index in [2.05, 4.69) is 20.8 Å². The lowest BCUT2D eigenvalue weighted by molar-refractivity contribution is 0.391. The van der Waals surface area contributed by atoms with Crippen LogP contribution in [-0.2, 0) is 13.1 Å². The van der Waals surface area contributed by atoms with E-state index in [1.165, 1.54) is 0 Å². The third-order valence-corrected chi connectivity index (χ3v) is 2.47. The van der Waals surface area contributed by atoms with Crippen molar-refractivity contribution < 1.29 is 4.52 Å². The van der Waals surface area contributed by atoms with Gasteiger partial charge in [0.1, 0.15) is 5.76 Å². The molecule has 0 saturated heterocycles. The zero-order valence-corrected chi connectivity index (χ0v) is 9.47. The molecule has 0 aliphatic rings. The molecule has 0 aliphatic heterocycles. The van der Waals surface area contributed by atoms with Crippen LogP contribution in [0.15, 0.2) is 16.9 Å². The van der Waals surface area contributed by atoms with Crippen molar-refractivity contribution in [2.45, 2.75) is 26.9 Å². The Bertz CT molecular complexity index is 415. The highest BCUT2D eigenvalue weighted by Crippen LogP contribution is 2.10. The summed E-state index contributed by atoms with van der Waals surface area (Å²) >= 11 is 0. The monoisotopic (exact) mass is 221 g/mol. The second-order valence-corrected chi connectivity index (χ2v) is 3.65. The van der Waals surface area contributed by atoms with Gasteiger partial charge in [0.05, 0.1) is 18.4 Å². The first kappa shape index (κ1) is 10.8. The molecule has 0 fully saturated rings. The molecular formula is C10H15N5O. The third-order valence-electron chi connectivity index (χ3n) is 2.47. The van der Waals surface area contributed by atoms with Crippen LogP contribution in [0.25, 0.3) is 0 Å². The summed E-state index contributed by atoms with van der Waals surface area (Å²) in [5.41, 5.74) is 2.09. The fourth-order valence-electron chi connectivity index (χ4n) is 1.51. The Kier molecular flexibility index (Phi) is 3.31. The number of aryl methyl sites for hydroxylation is 2. The summed E-state index contributed by atoms with van der Waals surface area (Å²) in [7, 11) is 0. The predicted molar refractivity (Wildman–Crippen MR) is 57.7 cm³/mol. The van der Waals surface area contributed by atoms with E-state index >= 15 is 0 Å². The highest BCUT2D eigenvalue weighted by molar-refractivity contribution is 5.20. The van der Waals surface area contributed by atoms with Crippen LogP contribution in [0.1, 0.15) is 17.0 Å². The van der Waals surface area contributed by atoms with E-state index in [-0.39, 0.29) is 0 Å². The lowest BCUT2D eigenvalue weighted by Gasteiger charge is -2.03. The lowest BCUT2D eigenvalue weighted by Crippen LogP contribution is -2.20. The van der Waals surface area contributed by atoms with Gasteiger partial charge in [-0.2, -0.15) is 0 Å². The topological polar surface area (TPSA) is 68.8 Å². The zero-order chi connectivity index (χ0) is 11.4. The fraction of sp³-hybridized carbons (Fsp3) is 0.500. The first-order valence-corrected chi connectivity index (χ1v) is 5.24. The van der Waals surface area contributed by atoms with E-state index in [0.29, 0.717) is 0 Å². The maximum Gasteiger partial charge on any atom is 0.138 e. The molecule has 0 saturated carbocycles. The van der Waals surface area contributed by atoms with Crippen molar-refractivity contribution in [3.05, 3.63) is 29.4 Å². The van der Waals surface area contributed by atoms with Gasteiger partial charge in [-0.05, 0) is 13.8 Å². The van der Waals surface area contributed by atoms with Crippen molar-refractivity contribution in [1.29, 1.82) is 0 Å². The number of hydrogen-bond donors (Lipinski definition) is 1. The predicted octanol–water partition coefficient (Wildman–Crippen LogP) is 0.673. The fourth-order valence-corrected chi connectivity index (χ4v) is 1.51. The Morgan fingerprint density at radius 2 is 2.31 bits per heavy atom. The minimum absolute atomic E-state index is 0.774. The standard InChI is InChI=1S/C10H15N5O/c1-8-10(9(2)16-13-8)7-11-3-5-15-6-4-12-14-15/h4,6,11H,3,5,7H2,1-2H3. The molecule has 0 radical (unpaired) electrons. The van der Waals surface area contributed by atoms with Crippen molar-refractivity contribution in [2.75, 3.05) is 6.54 Å². The highest BCUT2D eigenvalue weighted by atomic mass is 16.5. The Balaban J connectivity index is 1.76. The normalized spacial score (nSPS) is 10.9. The van der Waals surface area contributed by atoms with Crippen LogP contribution in [0, 0.1) is 13.8 Å². The smallest absolute Gasteiger partial charge is 0.138 e. The van der Waals surface area contributed by atoms with Gasteiger partial charge in [0.2, 0.25) is 0 Å². The second kappa shape index (κ2) is 4.89. The van der Waals surface area contributed by atoms with E-state index in [1.54, 1.807) is 10.9 Å². The minimum atomic E-state index is 0.774. The highest BCUT2D eigenvalue weighted by Gasteiger charge is 2.07. The van der Waals surface area contributed by atoms with Crippen molar-refractivity contribution in [3.63, 3.8) is 0 Å². The van der Waals surface area contributed by atoms with E-state index < -0.39 is 0 Å². The van der Waals surface area contributed by atoms with E-state index in [1.807, 2.05) is 20.0 Å². The van der Waals surface area contributed by atoms with Crippen LogP contribution in [-0.4, -0.2) is 26.7 Å². The number of nitrogens with zero attached hydrogens (tertiary/aromatic N) is 4. The largest absolute Gasteiger partial charge is 0.361 e. The van der Waals surface area contributed by atoms with E-state index in [4.69, 9.17) is 4.52 Å². The Morgan fingerprint density at radius 3 is 2.94 bits per heavy atom. The number of aromatic nitrogens is 4. The Hall–Kier alpha value is -1.69. The molecular weight excluding hydrogens is 206 g/mol. The SMILES string of the molecule is Cc1noc(C)c1CNCCn1ccnn1. The first-order chi connectivity index (χ1) is 7.77. The summed E-state index contributed by atoms with van der Waals surface area (Å²) in [6, 6.07) is 0. The molecule has 0 bridgehead atoms. The minimum Gasteiger partial charge on any atom is -0.361 e. The van der Waals surface area contributed by atoms with Gasteiger partial charge < -0.3 is 9.84 Å². The maximum absolute atomic E-state index is 5.08. The molecule has 2 heterocycles. The van der Waals surface area contributed by atoms with E-state index in [0.717, 1.165) is 36.7 Å². The summed E-state index contributed by atoms with van der Waals surface area (Å²) in [5.74, 6) is 0.880. The number of nitrogens with one attached hydrogen (secondary N) is 1. The van der Waals surface area contributed by atoms with Crippen LogP contribution in [0.2, 0.25) is 0 Å². The maximum atomic E-state index is 5.08. The molecule has 2 rings (SSSR count). The molecule has 0 aliphatic carbocycles. The molecule has 2 aromatic heterocycles. The molecule has 86 valence electrons. The van der Waals surface area contributed by atoms with Gasteiger partial charge in [0.15, 0.2) is 0 Å². The number of hydrogen-bond acceptors (Lipinski definition) is 5. The van der Waals surface area contributed by atoms with Gasteiger partial charge in [0, 0.05) is 24.8 Å². The van der Waals surface area contributed by atoms with Crippen molar-refractivity contribution >= 4 is 0 Å². The summed E-state index contributed by atoms with van der Waals surface area (Å²) in [6.45, 7) is 6.30. The summed E-state index contributed by atoms with van der Waals surface area (Å²) in [5, 5.41) is 14.8. The molecule has 16 heavy (non-hydrogen) atoms. The third kappa shape index (κ3) is 2.46. The van der Waals surface area contributed by atoms with Gasteiger partial charge in [-0.15, -0.1) is 5.10 Å². The molecule has 0 atom stereocenters. The molecule has 0 spiro atoms. The molecule has 0 amide bonds. The number of rotatable bonds is 5. The molecule has 2 aromatic rings. The van der Waals surface area contributed by atoms with Gasteiger partial charge in [0.25, 0.3) is 0 Å². The van der Waals surface area contributed by atoms with Crippen LogP contribution in [0.3, 0.4) is 0 Å². The van der Waals surface area contributed by atoms with Gasteiger partial charge in [-0.3, -0.25) is 4.68 Å². The van der Waals surface area contributed by atoms with Crippen LogP contribution in [0.4, 0.5) is 0 Å².